The van der Waals surface area contributed by atoms with Crippen LogP contribution in [0.5, 0.6) is 5.75 Å². The third-order valence-corrected chi connectivity index (χ3v) is 5.87. The molecule has 0 spiro atoms. The van der Waals surface area contributed by atoms with Crippen molar-refractivity contribution in [1.29, 1.82) is 0 Å². The molecule has 1 fully saturated rings. The van der Waals surface area contributed by atoms with Crippen molar-refractivity contribution in [3.63, 3.8) is 0 Å². The molecule has 1 N–H and O–H groups in total. The average Bonchev–Trinajstić information content (AvgIpc) is 2.91. The first-order valence-electron chi connectivity index (χ1n) is 5.97. The van der Waals surface area contributed by atoms with E-state index in [0.717, 1.165) is 21.1 Å². The van der Waals surface area contributed by atoms with Crippen molar-refractivity contribution >= 4 is 36.5 Å². The Kier molecular flexibility index (Phi) is 3.10. The molecule has 1 aliphatic heterocycles. The van der Waals surface area contributed by atoms with Crippen molar-refractivity contribution in [3.05, 3.63) is 18.2 Å². The van der Waals surface area contributed by atoms with E-state index < -0.39 is 9.84 Å². The Morgan fingerprint density at radius 2 is 2.32 bits per heavy atom. The molecule has 0 saturated carbocycles. The van der Waals surface area contributed by atoms with Crippen LogP contribution in [0.15, 0.2) is 18.2 Å². The van der Waals surface area contributed by atoms with E-state index in [1.54, 1.807) is 7.11 Å². The Hall–Kier alpha value is -1.34. The second-order valence-corrected chi connectivity index (χ2v) is 7.86. The number of nitrogens with one attached hydrogen (secondary N) is 1. The van der Waals surface area contributed by atoms with Crippen LogP contribution in [0.1, 0.15) is 6.42 Å². The lowest BCUT2D eigenvalue weighted by molar-refractivity contribution is 0.415. The molecule has 19 heavy (non-hydrogen) atoms. The number of ether oxygens (including phenoxy) is 1. The smallest absolute Gasteiger partial charge is 0.184 e. The molecule has 1 saturated heterocycles. The first-order valence-corrected chi connectivity index (χ1v) is 8.61. The number of benzene rings is 1. The van der Waals surface area contributed by atoms with Gasteiger partial charge in [-0.1, -0.05) is 11.3 Å². The van der Waals surface area contributed by atoms with Gasteiger partial charge in [-0.15, -0.1) is 0 Å². The van der Waals surface area contributed by atoms with Gasteiger partial charge in [0.05, 0.1) is 28.8 Å². The minimum atomic E-state index is -2.86. The number of rotatable bonds is 3. The summed E-state index contributed by atoms with van der Waals surface area (Å²) in [5.41, 5.74) is 0.897. The third kappa shape index (κ3) is 2.66. The molecule has 0 amide bonds. The van der Waals surface area contributed by atoms with Crippen LogP contribution in [-0.4, -0.2) is 38.1 Å². The maximum Gasteiger partial charge on any atom is 0.184 e. The summed E-state index contributed by atoms with van der Waals surface area (Å²) < 4.78 is 29.0. The van der Waals surface area contributed by atoms with Crippen molar-refractivity contribution in [2.24, 2.45) is 0 Å². The number of thiazole rings is 1. The zero-order chi connectivity index (χ0) is 13.5. The van der Waals surface area contributed by atoms with E-state index in [-0.39, 0.29) is 17.5 Å². The second-order valence-electron chi connectivity index (χ2n) is 4.60. The minimum Gasteiger partial charge on any atom is -0.497 e. The molecule has 0 radical (unpaired) electrons. The molecular weight excluding hydrogens is 284 g/mol. The number of anilines is 1. The van der Waals surface area contributed by atoms with Crippen molar-refractivity contribution in [1.82, 2.24) is 4.98 Å². The SMILES string of the molecule is COc1ccc2nc(NC3CCS(=O)(=O)C3)sc2c1. The van der Waals surface area contributed by atoms with Crippen LogP contribution in [0.2, 0.25) is 0 Å². The Morgan fingerprint density at radius 1 is 1.47 bits per heavy atom. The van der Waals surface area contributed by atoms with E-state index in [1.165, 1.54) is 11.3 Å². The summed E-state index contributed by atoms with van der Waals surface area (Å²) in [6.45, 7) is 0. The zero-order valence-electron chi connectivity index (χ0n) is 10.4. The molecule has 1 aromatic heterocycles. The van der Waals surface area contributed by atoms with E-state index in [2.05, 4.69) is 10.3 Å². The molecule has 0 bridgehead atoms. The standard InChI is InChI=1S/C12H14N2O3S2/c1-17-9-2-3-10-11(6-9)18-12(14-10)13-8-4-5-19(15,16)7-8/h2-3,6,8H,4-5,7H2,1H3,(H,13,14). The van der Waals surface area contributed by atoms with Gasteiger partial charge in [0.15, 0.2) is 15.0 Å². The van der Waals surface area contributed by atoms with Gasteiger partial charge < -0.3 is 10.1 Å². The Morgan fingerprint density at radius 3 is 3.00 bits per heavy atom. The summed E-state index contributed by atoms with van der Waals surface area (Å²) in [5.74, 6) is 1.27. The summed E-state index contributed by atoms with van der Waals surface area (Å²) in [7, 11) is -1.23. The monoisotopic (exact) mass is 298 g/mol. The maximum atomic E-state index is 11.4. The van der Waals surface area contributed by atoms with Crippen LogP contribution in [0, 0.1) is 0 Å². The molecule has 1 atom stereocenters. The summed E-state index contributed by atoms with van der Waals surface area (Å²) in [6.07, 6.45) is 0.654. The maximum absolute atomic E-state index is 11.4. The first-order chi connectivity index (χ1) is 9.05. The van der Waals surface area contributed by atoms with Crippen LogP contribution in [0.25, 0.3) is 10.2 Å². The Labute approximate surface area is 115 Å². The summed E-state index contributed by atoms with van der Waals surface area (Å²) in [5, 5.41) is 3.98. The molecule has 0 aliphatic carbocycles. The molecule has 1 aliphatic rings. The van der Waals surface area contributed by atoms with Gasteiger partial charge in [-0.3, -0.25) is 0 Å². The van der Waals surface area contributed by atoms with Gasteiger partial charge in [-0.25, -0.2) is 13.4 Å². The number of nitrogens with zero attached hydrogens (tertiary/aromatic N) is 1. The van der Waals surface area contributed by atoms with Crippen LogP contribution in [0.3, 0.4) is 0 Å². The van der Waals surface area contributed by atoms with E-state index in [0.29, 0.717) is 6.42 Å². The molecule has 102 valence electrons. The highest BCUT2D eigenvalue weighted by Gasteiger charge is 2.28. The minimum absolute atomic E-state index is 0.0209. The highest BCUT2D eigenvalue weighted by molar-refractivity contribution is 7.91. The fourth-order valence-corrected chi connectivity index (χ4v) is 4.82. The number of methoxy groups -OCH3 is 1. The van der Waals surface area contributed by atoms with Crippen LogP contribution < -0.4 is 10.1 Å². The van der Waals surface area contributed by atoms with Gasteiger partial charge in [-0.2, -0.15) is 0 Å². The first kappa shape index (κ1) is 12.7. The van der Waals surface area contributed by atoms with Gasteiger partial charge in [0, 0.05) is 6.04 Å². The number of aromatic nitrogens is 1. The van der Waals surface area contributed by atoms with Crippen molar-refractivity contribution < 1.29 is 13.2 Å². The van der Waals surface area contributed by atoms with E-state index in [1.807, 2.05) is 18.2 Å². The highest BCUT2D eigenvalue weighted by atomic mass is 32.2. The van der Waals surface area contributed by atoms with Gasteiger partial charge in [0.25, 0.3) is 0 Å². The lowest BCUT2D eigenvalue weighted by Crippen LogP contribution is -2.20. The average molecular weight is 298 g/mol. The summed E-state index contributed by atoms with van der Waals surface area (Å²) >= 11 is 1.52. The number of sulfone groups is 1. The van der Waals surface area contributed by atoms with E-state index in [9.17, 15) is 8.42 Å². The van der Waals surface area contributed by atoms with Crippen molar-refractivity contribution in [2.75, 3.05) is 23.9 Å². The molecule has 7 heteroatoms. The highest BCUT2D eigenvalue weighted by Crippen LogP contribution is 2.30. The van der Waals surface area contributed by atoms with Gasteiger partial charge >= 0.3 is 0 Å². The Balaban J connectivity index is 1.82. The van der Waals surface area contributed by atoms with E-state index in [4.69, 9.17) is 4.74 Å². The molecule has 5 nitrogen and oxygen atoms in total. The lowest BCUT2D eigenvalue weighted by atomic mass is 10.3. The van der Waals surface area contributed by atoms with Crippen molar-refractivity contribution in [2.45, 2.75) is 12.5 Å². The van der Waals surface area contributed by atoms with Gasteiger partial charge in [-0.05, 0) is 24.6 Å². The molecule has 2 aromatic rings. The summed E-state index contributed by atoms with van der Waals surface area (Å²) in [6, 6.07) is 5.68. The molecular formula is C12H14N2O3S2. The van der Waals surface area contributed by atoms with Gasteiger partial charge in [0.2, 0.25) is 0 Å². The number of fused-ring (bicyclic) bond motifs is 1. The van der Waals surface area contributed by atoms with Crippen molar-refractivity contribution in [3.8, 4) is 5.75 Å². The predicted molar refractivity (Wildman–Crippen MR) is 76.9 cm³/mol. The lowest BCUT2D eigenvalue weighted by Gasteiger charge is -2.07. The molecule has 3 rings (SSSR count). The fourth-order valence-electron chi connectivity index (χ4n) is 2.18. The fraction of sp³-hybridized carbons (Fsp3) is 0.417. The largest absolute Gasteiger partial charge is 0.497 e. The quantitative estimate of drug-likeness (QED) is 0.937. The van der Waals surface area contributed by atoms with Crippen LogP contribution in [-0.2, 0) is 9.84 Å². The molecule has 1 unspecified atom stereocenters. The normalized spacial score (nSPS) is 21.6. The Bertz CT molecular complexity index is 709. The molecule has 2 heterocycles. The van der Waals surface area contributed by atoms with Crippen LogP contribution in [0.4, 0.5) is 5.13 Å². The van der Waals surface area contributed by atoms with Gasteiger partial charge in [0.1, 0.15) is 5.75 Å². The predicted octanol–water partition coefficient (Wildman–Crippen LogP) is 1.90. The van der Waals surface area contributed by atoms with Crippen LogP contribution >= 0.6 is 11.3 Å². The molecule has 1 aromatic carbocycles. The number of hydrogen-bond donors (Lipinski definition) is 1. The third-order valence-electron chi connectivity index (χ3n) is 3.16. The van der Waals surface area contributed by atoms with E-state index >= 15 is 0 Å². The number of hydrogen-bond acceptors (Lipinski definition) is 6. The second kappa shape index (κ2) is 4.64. The summed E-state index contributed by atoms with van der Waals surface area (Å²) in [4.78, 5) is 4.46. The zero-order valence-corrected chi connectivity index (χ0v) is 12.1. The topological polar surface area (TPSA) is 68.3 Å².